The molecule has 0 aliphatic rings. The molecule has 0 aliphatic carbocycles. The summed E-state index contributed by atoms with van der Waals surface area (Å²) in [6.07, 6.45) is 0. The molecule has 9 heteroatoms. The zero-order valence-corrected chi connectivity index (χ0v) is 12.5. The summed E-state index contributed by atoms with van der Waals surface area (Å²) in [5.41, 5.74) is -0.762. The van der Waals surface area contributed by atoms with Crippen LogP contribution < -0.4 is 14.6 Å². The maximum Gasteiger partial charge on any atom is 0.387 e. The molecule has 0 saturated heterocycles. The second kappa shape index (κ2) is 6.97. The SMILES string of the molecule is O=C([O-])c1cc(Cl)c(Oc2ccc(Cl)cc2OC(F)F)cc1F. The number of aromatic carboxylic acids is 1. The summed E-state index contributed by atoms with van der Waals surface area (Å²) in [6, 6.07) is 5.08. The maximum atomic E-state index is 13.6. The molecule has 0 radical (unpaired) electrons. The summed E-state index contributed by atoms with van der Waals surface area (Å²) in [4.78, 5) is 10.7. The zero-order valence-electron chi connectivity index (χ0n) is 11.0. The van der Waals surface area contributed by atoms with Crippen molar-refractivity contribution in [2.75, 3.05) is 0 Å². The highest BCUT2D eigenvalue weighted by molar-refractivity contribution is 6.32. The third-order valence-corrected chi connectivity index (χ3v) is 3.11. The second-order valence-corrected chi connectivity index (χ2v) is 4.97. The Bertz CT molecular complexity index is 753. The van der Waals surface area contributed by atoms with Gasteiger partial charge in [0.2, 0.25) is 0 Å². The lowest BCUT2D eigenvalue weighted by Crippen LogP contribution is -2.23. The molecular formula is C14H6Cl2F3O4-. The van der Waals surface area contributed by atoms with Crippen molar-refractivity contribution >= 4 is 29.2 Å². The van der Waals surface area contributed by atoms with Gasteiger partial charge in [0.25, 0.3) is 0 Å². The number of carboxylic acids is 1. The Kier molecular flexibility index (Phi) is 5.23. The first-order chi connectivity index (χ1) is 10.8. The van der Waals surface area contributed by atoms with E-state index in [1.54, 1.807) is 0 Å². The monoisotopic (exact) mass is 365 g/mol. The minimum absolute atomic E-state index is 0.109. The maximum absolute atomic E-state index is 13.6. The van der Waals surface area contributed by atoms with E-state index >= 15 is 0 Å². The molecule has 4 nitrogen and oxygen atoms in total. The van der Waals surface area contributed by atoms with E-state index in [2.05, 4.69) is 4.74 Å². The topological polar surface area (TPSA) is 58.6 Å². The van der Waals surface area contributed by atoms with Gasteiger partial charge in [0, 0.05) is 22.7 Å². The average molecular weight is 366 g/mol. The number of benzene rings is 2. The van der Waals surface area contributed by atoms with Crippen LogP contribution in [0.25, 0.3) is 0 Å². The molecule has 0 saturated carbocycles. The van der Waals surface area contributed by atoms with Crippen LogP contribution in [-0.2, 0) is 0 Å². The Labute approximate surface area is 138 Å². The van der Waals surface area contributed by atoms with Crippen molar-refractivity contribution in [3.8, 4) is 17.2 Å². The molecule has 0 bridgehead atoms. The van der Waals surface area contributed by atoms with Gasteiger partial charge in [-0.25, -0.2) is 4.39 Å². The van der Waals surface area contributed by atoms with Crippen LogP contribution in [0.3, 0.4) is 0 Å². The quantitative estimate of drug-likeness (QED) is 0.806. The minimum atomic E-state index is -3.14. The number of carboxylic acid groups (broad SMARTS) is 1. The molecular weight excluding hydrogens is 360 g/mol. The number of rotatable bonds is 5. The number of carbonyl (C=O) groups is 1. The zero-order chi connectivity index (χ0) is 17.1. The molecule has 0 heterocycles. The molecule has 0 N–H and O–H groups in total. The van der Waals surface area contributed by atoms with Crippen molar-refractivity contribution < 1.29 is 32.5 Å². The van der Waals surface area contributed by atoms with Crippen LogP contribution in [0.2, 0.25) is 10.0 Å². The van der Waals surface area contributed by atoms with E-state index in [-0.39, 0.29) is 21.5 Å². The molecule has 2 rings (SSSR count). The fraction of sp³-hybridized carbons (Fsp3) is 0.0714. The lowest BCUT2D eigenvalue weighted by Gasteiger charge is -2.14. The van der Waals surface area contributed by atoms with E-state index in [4.69, 9.17) is 27.9 Å². The molecule has 122 valence electrons. The largest absolute Gasteiger partial charge is 0.545 e. The number of halogens is 5. The van der Waals surface area contributed by atoms with E-state index < -0.39 is 29.7 Å². The van der Waals surface area contributed by atoms with Crippen LogP contribution in [0, 0.1) is 5.82 Å². The predicted octanol–water partition coefficient (Wildman–Crippen LogP) is 3.89. The number of hydrogen-bond donors (Lipinski definition) is 0. The van der Waals surface area contributed by atoms with Gasteiger partial charge in [-0.2, -0.15) is 8.78 Å². The van der Waals surface area contributed by atoms with Gasteiger partial charge in [-0.05, 0) is 18.2 Å². The average Bonchev–Trinajstić information content (AvgIpc) is 2.44. The summed E-state index contributed by atoms with van der Waals surface area (Å²) in [5.74, 6) is -3.82. The van der Waals surface area contributed by atoms with Gasteiger partial charge >= 0.3 is 6.61 Å². The van der Waals surface area contributed by atoms with Crippen LogP contribution in [0.1, 0.15) is 10.4 Å². The molecule has 0 amide bonds. The summed E-state index contributed by atoms with van der Waals surface area (Å²) >= 11 is 11.5. The van der Waals surface area contributed by atoms with Gasteiger partial charge in [0.05, 0.1) is 11.0 Å². The number of alkyl halides is 2. The summed E-state index contributed by atoms with van der Waals surface area (Å²) in [5, 5.41) is 10.5. The Morgan fingerprint density at radius 2 is 1.78 bits per heavy atom. The highest BCUT2D eigenvalue weighted by Crippen LogP contribution is 2.38. The molecule has 0 aliphatic heterocycles. The Morgan fingerprint density at radius 3 is 2.39 bits per heavy atom. The molecule has 2 aromatic rings. The summed E-state index contributed by atoms with van der Waals surface area (Å²) in [7, 11) is 0. The van der Waals surface area contributed by atoms with Gasteiger partial charge in [-0.3, -0.25) is 0 Å². The highest BCUT2D eigenvalue weighted by Gasteiger charge is 2.16. The molecule has 0 fully saturated rings. The van der Waals surface area contributed by atoms with Gasteiger partial charge in [-0.1, -0.05) is 23.2 Å². The minimum Gasteiger partial charge on any atom is -0.545 e. The van der Waals surface area contributed by atoms with Gasteiger partial charge < -0.3 is 19.4 Å². The highest BCUT2D eigenvalue weighted by atomic mass is 35.5. The van der Waals surface area contributed by atoms with Gasteiger partial charge in [0.1, 0.15) is 11.6 Å². The van der Waals surface area contributed by atoms with E-state index in [0.29, 0.717) is 6.07 Å². The standard InChI is InChI=1S/C14H7Cl2F3O4/c15-6-1-2-10(12(3-6)23-14(18)19)22-11-5-9(17)7(13(20)21)4-8(11)16/h1-5,14H,(H,20,21)/p-1. The van der Waals surface area contributed by atoms with Crippen molar-refractivity contribution in [2.24, 2.45) is 0 Å². The van der Waals surface area contributed by atoms with E-state index in [1.807, 2.05) is 0 Å². The van der Waals surface area contributed by atoms with E-state index in [1.165, 1.54) is 12.1 Å². The van der Waals surface area contributed by atoms with Gasteiger partial charge in [0.15, 0.2) is 11.5 Å². The van der Waals surface area contributed by atoms with Crippen molar-refractivity contribution in [3.05, 3.63) is 51.8 Å². The van der Waals surface area contributed by atoms with Crippen LogP contribution in [0.5, 0.6) is 17.2 Å². The van der Waals surface area contributed by atoms with Crippen LogP contribution in [0.15, 0.2) is 30.3 Å². The van der Waals surface area contributed by atoms with Crippen molar-refractivity contribution in [2.45, 2.75) is 6.61 Å². The third kappa shape index (κ3) is 4.20. The third-order valence-electron chi connectivity index (χ3n) is 2.58. The van der Waals surface area contributed by atoms with Gasteiger partial charge in [-0.15, -0.1) is 0 Å². The smallest absolute Gasteiger partial charge is 0.387 e. The summed E-state index contributed by atoms with van der Waals surface area (Å²) in [6.45, 7) is -3.14. The van der Waals surface area contributed by atoms with Crippen LogP contribution in [0.4, 0.5) is 13.2 Å². The normalized spacial score (nSPS) is 10.7. The first-order valence-corrected chi connectivity index (χ1v) is 6.66. The van der Waals surface area contributed by atoms with E-state index in [9.17, 15) is 23.1 Å². The Balaban J connectivity index is 2.39. The molecule has 0 atom stereocenters. The van der Waals surface area contributed by atoms with Crippen LogP contribution in [-0.4, -0.2) is 12.6 Å². The molecule has 0 spiro atoms. The Hall–Kier alpha value is -2.12. The first kappa shape index (κ1) is 17.2. The number of ether oxygens (including phenoxy) is 2. The Morgan fingerprint density at radius 1 is 1.09 bits per heavy atom. The molecule has 0 aromatic heterocycles. The fourth-order valence-electron chi connectivity index (χ4n) is 1.64. The number of hydrogen-bond acceptors (Lipinski definition) is 4. The molecule has 23 heavy (non-hydrogen) atoms. The second-order valence-electron chi connectivity index (χ2n) is 4.12. The predicted molar refractivity (Wildman–Crippen MR) is 73.9 cm³/mol. The van der Waals surface area contributed by atoms with Crippen molar-refractivity contribution in [1.82, 2.24) is 0 Å². The molecule has 2 aromatic carbocycles. The van der Waals surface area contributed by atoms with Crippen molar-refractivity contribution in [3.63, 3.8) is 0 Å². The fourth-order valence-corrected chi connectivity index (χ4v) is 2.00. The van der Waals surface area contributed by atoms with E-state index in [0.717, 1.165) is 12.1 Å². The molecule has 0 unspecified atom stereocenters. The lowest BCUT2D eigenvalue weighted by atomic mass is 10.2. The lowest BCUT2D eigenvalue weighted by molar-refractivity contribution is -0.255. The van der Waals surface area contributed by atoms with Crippen molar-refractivity contribution in [1.29, 1.82) is 0 Å². The van der Waals surface area contributed by atoms with Crippen LogP contribution >= 0.6 is 23.2 Å². The number of carbonyl (C=O) groups excluding carboxylic acids is 1. The summed E-state index contributed by atoms with van der Waals surface area (Å²) < 4.78 is 47.8. The first-order valence-electron chi connectivity index (χ1n) is 5.90.